The van der Waals surface area contributed by atoms with Gasteiger partial charge in [-0.2, -0.15) is 0 Å². The zero-order valence-corrected chi connectivity index (χ0v) is 21.7. The Labute approximate surface area is 218 Å². The second-order valence-corrected chi connectivity index (χ2v) is 10.2. The molecule has 13 heteroatoms. The van der Waals surface area contributed by atoms with Crippen LogP contribution in [0.2, 0.25) is 0 Å². The number of benzene rings is 2. The van der Waals surface area contributed by atoms with Crippen LogP contribution in [-0.4, -0.2) is 55.6 Å². The fourth-order valence-corrected chi connectivity index (χ4v) is 4.78. The van der Waals surface area contributed by atoms with E-state index in [4.69, 9.17) is 19.0 Å². The van der Waals surface area contributed by atoms with Crippen molar-refractivity contribution in [2.45, 2.75) is 16.5 Å². The van der Waals surface area contributed by atoms with Gasteiger partial charge in [0.05, 0.1) is 36.8 Å². The summed E-state index contributed by atoms with van der Waals surface area (Å²) in [5.41, 5.74) is 1.50. The van der Waals surface area contributed by atoms with E-state index in [-0.39, 0.29) is 16.6 Å². The van der Waals surface area contributed by atoms with Crippen molar-refractivity contribution in [3.8, 4) is 28.8 Å². The van der Waals surface area contributed by atoms with Gasteiger partial charge in [-0.25, -0.2) is 13.6 Å². The normalized spacial score (nSPS) is 11.3. The smallest absolute Gasteiger partial charge is 0.238 e. The Morgan fingerprint density at radius 3 is 2.54 bits per heavy atom. The Hall–Kier alpha value is -3.81. The van der Waals surface area contributed by atoms with Gasteiger partial charge >= 0.3 is 0 Å². The molecule has 1 amide bonds. The number of sulfonamides is 1. The van der Waals surface area contributed by atoms with Crippen LogP contribution in [0.15, 0.2) is 75.3 Å². The van der Waals surface area contributed by atoms with Gasteiger partial charge in [-0.05, 0) is 48.4 Å². The molecule has 2 aromatic carbocycles. The minimum Gasteiger partial charge on any atom is -0.497 e. The molecular weight excluding hydrogens is 518 g/mol. The number of nitrogens with two attached hydrogens (primary N) is 1. The van der Waals surface area contributed by atoms with Gasteiger partial charge in [-0.3, -0.25) is 9.36 Å². The number of amides is 1. The van der Waals surface area contributed by atoms with Gasteiger partial charge in [-0.1, -0.05) is 23.9 Å². The molecule has 4 rings (SSSR count). The van der Waals surface area contributed by atoms with E-state index in [1.165, 1.54) is 23.9 Å². The van der Waals surface area contributed by atoms with E-state index in [9.17, 15) is 13.2 Å². The van der Waals surface area contributed by atoms with Gasteiger partial charge < -0.3 is 19.2 Å². The molecule has 0 aliphatic carbocycles. The van der Waals surface area contributed by atoms with Crippen molar-refractivity contribution >= 4 is 27.7 Å². The Morgan fingerprint density at radius 2 is 1.89 bits per heavy atom. The molecule has 11 nitrogen and oxygen atoms in total. The lowest BCUT2D eigenvalue weighted by Crippen LogP contribution is -2.27. The molecule has 0 atom stereocenters. The lowest BCUT2D eigenvalue weighted by molar-refractivity contribution is -0.118. The van der Waals surface area contributed by atoms with E-state index in [2.05, 4.69) is 15.5 Å². The Kier molecular flexibility index (Phi) is 8.16. The highest BCUT2D eigenvalue weighted by Gasteiger charge is 2.22. The molecule has 4 aromatic rings. The fourth-order valence-electron chi connectivity index (χ4n) is 3.49. The van der Waals surface area contributed by atoms with Crippen molar-refractivity contribution < 1.29 is 27.1 Å². The first-order valence-electron chi connectivity index (χ1n) is 11.0. The number of thioether (sulfide) groups is 1. The zero-order chi connectivity index (χ0) is 26.4. The van der Waals surface area contributed by atoms with Crippen molar-refractivity contribution in [2.24, 2.45) is 5.14 Å². The second kappa shape index (κ2) is 11.5. The Balaban J connectivity index is 1.46. The summed E-state index contributed by atoms with van der Waals surface area (Å²) < 4.78 is 41.0. The van der Waals surface area contributed by atoms with Crippen LogP contribution in [0, 0.1) is 0 Å². The van der Waals surface area contributed by atoms with E-state index in [0.29, 0.717) is 46.9 Å². The molecule has 0 radical (unpaired) electrons. The molecule has 0 aliphatic rings. The van der Waals surface area contributed by atoms with E-state index in [1.807, 2.05) is 0 Å². The summed E-state index contributed by atoms with van der Waals surface area (Å²) >= 11 is 1.21. The van der Waals surface area contributed by atoms with Crippen LogP contribution in [-0.2, 0) is 21.2 Å². The fraction of sp³-hybridized carbons (Fsp3) is 0.208. The number of nitrogens with zero attached hydrogens (tertiary/aromatic N) is 3. The van der Waals surface area contributed by atoms with Crippen molar-refractivity contribution in [3.63, 3.8) is 0 Å². The number of carbonyl (C=O) groups excluding carboxylic acids is 1. The SMILES string of the molecule is COc1ccc(OC)c(-n2c(SCC(=O)NCCc3ccc(S(N)(=O)=O)cc3)nnc2-c2ccco2)c1. The van der Waals surface area contributed by atoms with Crippen LogP contribution in [0.5, 0.6) is 11.5 Å². The third kappa shape index (κ3) is 6.31. The van der Waals surface area contributed by atoms with Crippen LogP contribution in [0.1, 0.15) is 5.56 Å². The number of furan rings is 1. The number of hydrogen-bond acceptors (Lipinski definition) is 9. The quantitative estimate of drug-likeness (QED) is 0.272. The summed E-state index contributed by atoms with van der Waals surface area (Å²) in [5.74, 6) is 2.02. The molecule has 2 aromatic heterocycles. The maximum atomic E-state index is 12.6. The zero-order valence-electron chi connectivity index (χ0n) is 20.1. The number of methoxy groups -OCH3 is 2. The molecule has 0 aliphatic heterocycles. The van der Waals surface area contributed by atoms with Gasteiger partial charge in [0.2, 0.25) is 21.8 Å². The minimum absolute atomic E-state index is 0.0439. The predicted octanol–water partition coefficient (Wildman–Crippen LogP) is 2.64. The number of hydrogen-bond donors (Lipinski definition) is 2. The third-order valence-corrected chi connectivity index (χ3v) is 7.18. The van der Waals surface area contributed by atoms with Gasteiger partial charge in [0, 0.05) is 12.6 Å². The molecule has 3 N–H and O–H groups in total. The van der Waals surface area contributed by atoms with Crippen LogP contribution in [0.4, 0.5) is 0 Å². The molecule has 0 fully saturated rings. The van der Waals surface area contributed by atoms with Crippen molar-refractivity contribution in [1.82, 2.24) is 20.1 Å². The summed E-state index contributed by atoms with van der Waals surface area (Å²) in [6.07, 6.45) is 2.07. The lowest BCUT2D eigenvalue weighted by atomic mass is 10.1. The molecule has 0 bridgehead atoms. The average Bonchev–Trinajstić information content (AvgIpc) is 3.57. The Morgan fingerprint density at radius 1 is 1.11 bits per heavy atom. The summed E-state index contributed by atoms with van der Waals surface area (Å²) in [6, 6.07) is 15.1. The van der Waals surface area contributed by atoms with Gasteiger partial charge in [0.1, 0.15) is 11.5 Å². The number of nitrogens with one attached hydrogen (secondary N) is 1. The second-order valence-electron chi connectivity index (χ2n) is 7.73. The summed E-state index contributed by atoms with van der Waals surface area (Å²) in [4.78, 5) is 12.6. The molecule has 0 spiro atoms. The summed E-state index contributed by atoms with van der Waals surface area (Å²) in [5, 5.41) is 17.0. The molecule has 37 heavy (non-hydrogen) atoms. The van der Waals surface area contributed by atoms with E-state index in [0.717, 1.165) is 5.56 Å². The highest BCUT2D eigenvalue weighted by molar-refractivity contribution is 7.99. The maximum absolute atomic E-state index is 12.6. The highest BCUT2D eigenvalue weighted by atomic mass is 32.2. The van der Waals surface area contributed by atoms with Gasteiger partial charge in [-0.15, -0.1) is 10.2 Å². The molecule has 0 saturated heterocycles. The van der Waals surface area contributed by atoms with Crippen molar-refractivity contribution in [1.29, 1.82) is 0 Å². The van der Waals surface area contributed by atoms with E-state index < -0.39 is 10.0 Å². The first-order chi connectivity index (χ1) is 17.8. The predicted molar refractivity (Wildman–Crippen MR) is 137 cm³/mol. The summed E-state index contributed by atoms with van der Waals surface area (Å²) in [6.45, 7) is 0.377. The number of carbonyl (C=O) groups is 1. The van der Waals surface area contributed by atoms with Crippen LogP contribution in [0.3, 0.4) is 0 Å². The molecule has 0 saturated carbocycles. The monoisotopic (exact) mass is 543 g/mol. The van der Waals surface area contributed by atoms with Crippen LogP contribution in [0.25, 0.3) is 17.3 Å². The molecule has 2 heterocycles. The Bertz CT molecular complexity index is 1470. The average molecular weight is 544 g/mol. The maximum Gasteiger partial charge on any atom is 0.238 e. The number of aromatic nitrogens is 3. The molecular formula is C24H25N5O6S2. The minimum atomic E-state index is -3.74. The number of primary sulfonamides is 1. The number of rotatable bonds is 11. The van der Waals surface area contributed by atoms with E-state index in [1.54, 1.807) is 67.5 Å². The summed E-state index contributed by atoms with van der Waals surface area (Å²) in [7, 11) is -0.609. The number of ether oxygens (including phenoxy) is 2. The van der Waals surface area contributed by atoms with Crippen molar-refractivity contribution in [2.75, 3.05) is 26.5 Å². The first-order valence-corrected chi connectivity index (χ1v) is 13.6. The van der Waals surface area contributed by atoms with Crippen LogP contribution < -0.4 is 19.9 Å². The van der Waals surface area contributed by atoms with E-state index >= 15 is 0 Å². The lowest BCUT2D eigenvalue weighted by Gasteiger charge is -2.14. The largest absolute Gasteiger partial charge is 0.497 e. The molecule has 0 unspecified atom stereocenters. The standard InChI is InChI=1S/C24H25N5O6S2/c1-33-17-7-10-20(34-2)19(14-17)29-23(21-4-3-13-35-21)27-28-24(29)36-15-22(30)26-12-11-16-5-8-18(9-6-16)37(25,31)32/h3-10,13-14H,11-12,15H2,1-2H3,(H,26,30)(H2,25,31,32). The van der Waals surface area contributed by atoms with Crippen molar-refractivity contribution in [3.05, 3.63) is 66.4 Å². The molecule has 194 valence electrons. The third-order valence-electron chi connectivity index (χ3n) is 5.32. The topological polar surface area (TPSA) is 152 Å². The van der Waals surface area contributed by atoms with Gasteiger partial charge in [0.15, 0.2) is 10.9 Å². The first kappa shape index (κ1) is 26.3. The van der Waals surface area contributed by atoms with Gasteiger partial charge in [0.25, 0.3) is 0 Å². The van der Waals surface area contributed by atoms with Crippen LogP contribution >= 0.6 is 11.8 Å². The highest BCUT2D eigenvalue weighted by Crippen LogP contribution is 2.34.